The van der Waals surface area contributed by atoms with Crippen LogP contribution in [0.25, 0.3) is 6.08 Å². The van der Waals surface area contributed by atoms with Crippen molar-refractivity contribution in [1.29, 1.82) is 0 Å². The zero-order valence-corrected chi connectivity index (χ0v) is 12.7. The third-order valence-corrected chi connectivity index (χ3v) is 3.53. The fourth-order valence-electron chi connectivity index (χ4n) is 2.06. The van der Waals surface area contributed by atoms with Gasteiger partial charge in [-0.25, -0.2) is 14.2 Å². The molecule has 1 heterocycles. The molecule has 0 saturated carbocycles. The smallest absolute Gasteiger partial charge is 0.363 e. The van der Waals surface area contributed by atoms with Crippen LogP contribution < -0.4 is 0 Å². The van der Waals surface area contributed by atoms with Gasteiger partial charge in [-0.05, 0) is 24.3 Å². The highest BCUT2D eigenvalue weighted by Crippen LogP contribution is 2.27. The van der Waals surface area contributed by atoms with E-state index in [4.69, 9.17) is 16.3 Å². The number of cyclic esters (lactones) is 1. The Balaban J connectivity index is 2.00. The molecule has 1 aliphatic heterocycles. The van der Waals surface area contributed by atoms with Crippen LogP contribution in [0.2, 0.25) is 5.02 Å². The van der Waals surface area contributed by atoms with Crippen molar-refractivity contribution in [2.24, 2.45) is 4.99 Å². The highest BCUT2D eigenvalue weighted by atomic mass is 35.5. The van der Waals surface area contributed by atoms with Gasteiger partial charge in [0.1, 0.15) is 10.8 Å². The zero-order valence-electron chi connectivity index (χ0n) is 11.9. The number of rotatable bonds is 3. The maximum atomic E-state index is 13.6. The van der Waals surface area contributed by atoms with Gasteiger partial charge in [0, 0.05) is 17.2 Å². The minimum absolute atomic E-state index is 0.0456. The second-order valence-corrected chi connectivity index (χ2v) is 5.19. The van der Waals surface area contributed by atoms with Gasteiger partial charge in [-0.2, -0.15) is 0 Å². The Morgan fingerprint density at radius 2 is 2.00 bits per heavy atom. The molecule has 0 N–H and O–H groups in total. The van der Waals surface area contributed by atoms with Crippen molar-refractivity contribution in [1.82, 2.24) is 0 Å². The van der Waals surface area contributed by atoms with Gasteiger partial charge < -0.3 is 4.74 Å². The number of esters is 1. The molecule has 2 aromatic carbocycles. The summed E-state index contributed by atoms with van der Waals surface area (Å²) in [6, 6.07) is 9.77. The maximum Gasteiger partial charge on any atom is 0.363 e. The molecule has 0 radical (unpaired) electrons. The van der Waals surface area contributed by atoms with Crippen LogP contribution in [0.15, 0.2) is 53.2 Å². The van der Waals surface area contributed by atoms with E-state index in [0.29, 0.717) is 0 Å². The van der Waals surface area contributed by atoms with E-state index in [9.17, 15) is 19.3 Å². The zero-order chi connectivity index (χ0) is 17.3. The van der Waals surface area contributed by atoms with Crippen LogP contribution >= 0.6 is 11.6 Å². The van der Waals surface area contributed by atoms with Gasteiger partial charge in [-0.1, -0.05) is 29.8 Å². The number of carbonyl (C=O) groups is 1. The summed E-state index contributed by atoms with van der Waals surface area (Å²) in [6.07, 6.45) is 1.25. The SMILES string of the molecule is O=C1OC(c2ccc(Cl)c([N+](=O)[O-])c2)=N/C1=C/c1ccccc1F. The molecule has 120 valence electrons. The van der Waals surface area contributed by atoms with Crippen LogP contribution in [-0.2, 0) is 9.53 Å². The summed E-state index contributed by atoms with van der Waals surface area (Å²) < 4.78 is 18.6. The first kappa shape index (κ1) is 15.8. The summed E-state index contributed by atoms with van der Waals surface area (Å²) >= 11 is 5.74. The van der Waals surface area contributed by atoms with Gasteiger partial charge in [0.15, 0.2) is 5.70 Å². The van der Waals surface area contributed by atoms with Crippen LogP contribution in [0.5, 0.6) is 0 Å². The van der Waals surface area contributed by atoms with Crippen LogP contribution in [0.4, 0.5) is 10.1 Å². The fraction of sp³-hybridized carbons (Fsp3) is 0. The standard InChI is InChI=1S/C16H8ClFN2O4/c17-11-6-5-10(8-14(11)20(22)23)15-19-13(16(21)24-15)7-9-3-1-2-4-12(9)18/h1-8H/b13-7+. The van der Waals surface area contributed by atoms with Crippen molar-refractivity contribution in [3.63, 3.8) is 0 Å². The molecule has 0 spiro atoms. The average molecular weight is 347 g/mol. The molecule has 0 fully saturated rings. The number of ether oxygens (including phenoxy) is 1. The third kappa shape index (κ3) is 3.02. The van der Waals surface area contributed by atoms with Crippen molar-refractivity contribution in [2.75, 3.05) is 0 Å². The number of carbonyl (C=O) groups excluding carboxylic acids is 1. The molecule has 3 rings (SSSR count). The van der Waals surface area contributed by atoms with Crippen molar-refractivity contribution in [3.05, 3.63) is 80.2 Å². The molecule has 0 aliphatic carbocycles. The van der Waals surface area contributed by atoms with Gasteiger partial charge >= 0.3 is 5.97 Å². The second kappa shape index (κ2) is 6.21. The van der Waals surface area contributed by atoms with Gasteiger partial charge in [0.2, 0.25) is 5.90 Å². The highest BCUT2D eigenvalue weighted by Gasteiger charge is 2.26. The van der Waals surface area contributed by atoms with Gasteiger partial charge in [0.25, 0.3) is 5.69 Å². The molecule has 0 aromatic heterocycles. The lowest BCUT2D eigenvalue weighted by Crippen LogP contribution is -2.06. The Labute approximate surface area is 140 Å². The van der Waals surface area contributed by atoms with E-state index < -0.39 is 16.7 Å². The lowest BCUT2D eigenvalue weighted by atomic mass is 10.2. The first-order chi connectivity index (χ1) is 11.5. The number of nitro groups is 1. The van der Waals surface area contributed by atoms with Crippen molar-refractivity contribution in [2.45, 2.75) is 0 Å². The second-order valence-electron chi connectivity index (χ2n) is 4.78. The summed E-state index contributed by atoms with van der Waals surface area (Å²) in [5, 5.41) is 10.9. The molecule has 2 aromatic rings. The average Bonchev–Trinajstić information content (AvgIpc) is 2.91. The number of nitrogens with zero attached hydrogens (tertiary/aromatic N) is 2. The molecule has 24 heavy (non-hydrogen) atoms. The topological polar surface area (TPSA) is 81.8 Å². The molecular formula is C16H8ClFN2O4. The molecular weight excluding hydrogens is 339 g/mol. The normalized spacial score (nSPS) is 15.3. The van der Waals surface area contributed by atoms with Gasteiger partial charge in [-0.15, -0.1) is 0 Å². The molecule has 0 bridgehead atoms. The molecule has 1 aliphatic rings. The van der Waals surface area contributed by atoms with Crippen LogP contribution in [-0.4, -0.2) is 16.8 Å². The van der Waals surface area contributed by atoms with E-state index in [1.54, 1.807) is 6.07 Å². The minimum atomic E-state index is -0.772. The maximum absolute atomic E-state index is 13.6. The number of halogens is 2. The summed E-state index contributed by atoms with van der Waals surface area (Å²) in [5.74, 6) is -1.39. The predicted molar refractivity (Wildman–Crippen MR) is 85.1 cm³/mol. The van der Waals surface area contributed by atoms with Crippen molar-refractivity contribution < 1.29 is 18.8 Å². The van der Waals surface area contributed by atoms with E-state index in [1.807, 2.05) is 0 Å². The Bertz CT molecular complexity index is 924. The van der Waals surface area contributed by atoms with Crippen molar-refractivity contribution >= 4 is 35.2 Å². The van der Waals surface area contributed by atoms with E-state index in [-0.39, 0.29) is 33.4 Å². The van der Waals surface area contributed by atoms with E-state index in [0.717, 1.165) is 6.07 Å². The number of benzene rings is 2. The summed E-state index contributed by atoms with van der Waals surface area (Å²) in [5.41, 5.74) is -0.0416. The Morgan fingerprint density at radius 1 is 1.25 bits per heavy atom. The summed E-state index contributed by atoms with van der Waals surface area (Å²) in [7, 11) is 0. The van der Waals surface area contributed by atoms with E-state index in [1.165, 1.54) is 36.4 Å². The first-order valence-electron chi connectivity index (χ1n) is 6.67. The summed E-state index contributed by atoms with van der Waals surface area (Å²) in [6.45, 7) is 0. The highest BCUT2D eigenvalue weighted by molar-refractivity contribution is 6.32. The van der Waals surface area contributed by atoms with Crippen molar-refractivity contribution in [3.8, 4) is 0 Å². The lowest BCUT2D eigenvalue weighted by molar-refractivity contribution is -0.384. The minimum Gasteiger partial charge on any atom is -0.402 e. The van der Waals surface area contributed by atoms with Crippen LogP contribution in [0.3, 0.4) is 0 Å². The Morgan fingerprint density at radius 3 is 2.71 bits per heavy atom. The molecule has 8 heteroatoms. The van der Waals surface area contributed by atoms with Crippen LogP contribution in [0, 0.1) is 15.9 Å². The number of hydrogen-bond donors (Lipinski definition) is 0. The predicted octanol–water partition coefficient (Wildman–Crippen LogP) is 3.73. The fourth-order valence-corrected chi connectivity index (χ4v) is 2.24. The van der Waals surface area contributed by atoms with E-state index >= 15 is 0 Å². The monoisotopic (exact) mass is 346 g/mol. The van der Waals surface area contributed by atoms with Gasteiger partial charge in [0.05, 0.1) is 4.92 Å². The number of hydrogen-bond acceptors (Lipinski definition) is 5. The Kier molecular flexibility index (Phi) is 4.09. The quantitative estimate of drug-likeness (QED) is 0.367. The molecule has 0 unspecified atom stereocenters. The number of nitro benzene ring substituents is 1. The molecule has 6 nitrogen and oxygen atoms in total. The van der Waals surface area contributed by atoms with E-state index in [2.05, 4.69) is 4.99 Å². The molecule has 0 atom stereocenters. The van der Waals surface area contributed by atoms with Crippen LogP contribution in [0.1, 0.15) is 11.1 Å². The molecule has 0 amide bonds. The first-order valence-corrected chi connectivity index (χ1v) is 7.05. The summed E-state index contributed by atoms with van der Waals surface area (Å²) in [4.78, 5) is 26.1. The molecule has 0 saturated heterocycles. The van der Waals surface area contributed by atoms with Gasteiger partial charge in [-0.3, -0.25) is 10.1 Å². The largest absolute Gasteiger partial charge is 0.402 e. The lowest BCUT2D eigenvalue weighted by Gasteiger charge is -2.00. The third-order valence-electron chi connectivity index (χ3n) is 3.21. The number of aliphatic imine (C=N–C) groups is 1. The Hall–Kier alpha value is -3.06.